The van der Waals surface area contributed by atoms with Gasteiger partial charge in [0.15, 0.2) is 5.82 Å². The van der Waals surface area contributed by atoms with Crippen molar-refractivity contribution in [3.05, 3.63) is 40.4 Å². The van der Waals surface area contributed by atoms with Gasteiger partial charge < -0.3 is 5.32 Å². The van der Waals surface area contributed by atoms with Gasteiger partial charge in [-0.15, -0.1) is 0 Å². The Hall–Kier alpha value is -1.39. The lowest BCUT2D eigenvalue weighted by atomic mass is 10.1. The van der Waals surface area contributed by atoms with E-state index in [1.807, 2.05) is 6.92 Å². The molecule has 0 aliphatic rings. The molecular weight excluding hydrogens is 288 g/mol. The summed E-state index contributed by atoms with van der Waals surface area (Å²) in [5.74, 6) is 0.0276. The molecule has 2 rings (SSSR count). The van der Waals surface area contributed by atoms with Gasteiger partial charge in [0.25, 0.3) is 0 Å². The fraction of sp³-hybridized carbons (Fsp3) is 0.231. The topological polar surface area (TPSA) is 37.8 Å². The molecule has 3 nitrogen and oxygen atoms in total. The first-order chi connectivity index (χ1) is 9.13. The van der Waals surface area contributed by atoms with Crippen LogP contribution in [-0.4, -0.2) is 16.5 Å². The van der Waals surface area contributed by atoms with Crippen molar-refractivity contribution in [1.82, 2.24) is 9.97 Å². The van der Waals surface area contributed by atoms with Gasteiger partial charge in [-0.1, -0.05) is 30.1 Å². The highest BCUT2D eigenvalue weighted by Gasteiger charge is 2.14. The molecule has 0 aromatic carbocycles. The summed E-state index contributed by atoms with van der Waals surface area (Å²) in [5.41, 5.74) is 0.654. The molecule has 0 fully saturated rings. The number of pyridine rings is 2. The second-order valence-electron chi connectivity index (χ2n) is 3.93. The molecule has 0 unspecified atom stereocenters. The maximum absolute atomic E-state index is 13.7. The number of anilines is 1. The molecule has 0 bridgehead atoms. The average Bonchev–Trinajstić information content (AvgIpc) is 2.39. The molecular formula is C13H12Cl2FN3. The van der Waals surface area contributed by atoms with Crippen LogP contribution < -0.4 is 5.32 Å². The molecule has 0 spiro atoms. The molecule has 2 heterocycles. The smallest absolute Gasteiger partial charge is 0.150 e. The SMILES string of the molecule is CCCNc1nc(-c2ccncc2F)c(Cl)cc1Cl. The highest BCUT2D eigenvalue weighted by molar-refractivity contribution is 6.37. The minimum Gasteiger partial charge on any atom is -0.369 e. The molecule has 0 radical (unpaired) electrons. The first kappa shape index (κ1) is 14.0. The van der Waals surface area contributed by atoms with Crippen LogP contribution in [-0.2, 0) is 0 Å². The van der Waals surface area contributed by atoms with Crippen molar-refractivity contribution in [2.45, 2.75) is 13.3 Å². The summed E-state index contributed by atoms with van der Waals surface area (Å²) in [5, 5.41) is 3.80. The third kappa shape index (κ3) is 3.14. The first-order valence-electron chi connectivity index (χ1n) is 5.83. The van der Waals surface area contributed by atoms with E-state index in [1.165, 1.54) is 12.3 Å². The summed E-state index contributed by atoms with van der Waals surface area (Å²) in [7, 11) is 0. The van der Waals surface area contributed by atoms with E-state index in [1.54, 1.807) is 6.07 Å². The number of nitrogens with zero attached hydrogens (tertiary/aromatic N) is 2. The Morgan fingerprint density at radius 3 is 2.79 bits per heavy atom. The molecule has 0 aliphatic carbocycles. The van der Waals surface area contributed by atoms with Crippen molar-refractivity contribution in [2.24, 2.45) is 0 Å². The summed E-state index contributed by atoms with van der Waals surface area (Å²) >= 11 is 12.1. The van der Waals surface area contributed by atoms with Crippen LogP contribution in [0.4, 0.5) is 10.2 Å². The molecule has 0 saturated heterocycles. The van der Waals surface area contributed by atoms with Gasteiger partial charge in [-0.2, -0.15) is 0 Å². The maximum Gasteiger partial charge on any atom is 0.150 e. The third-order valence-electron chi connectivity index (χ3n) is 2.50. The lowest BCUT2D eigenvalue weighted by Crippen LogP contribution is -2.04. The number of aromatic nitrogens is 2. The van der Waals surface area contributed by atoms with E-state index in [4.69, 9.17) is 23.2 Å². The van der Waals surface area contributed by atoms with Crippen molar-refractivity contribution < 1.29 is 4.39 Å². The molecule has 1 N–H and O–H groups in total. The normalized spacial score (nSPS) is 10.5. The van der Waals surface area contributed by atoms with Gasteiger partial charge in [0, 0.05) is 18.3 Å². The summed E-state index contributed by atoms with van der Waals surface area (Å²) in [6.07, 6.45) is 3.55. The van der Waals surface area contributed by atoms with E-state index in [0.29, 0.717) is 27.1 Å². The summed E-state index contributed by atoms with van der Waals surface area (Å²) in [6.45, 7) is 2.76. The molecule has 2 aromatic heterocycles. The highest BCUT2D eigenvalue weighted by Crippen LogP contribution is 2.33. The number of hydrogen-bond acceptors (Lipinski definition) is 3. The Morgan fingerprint density at radius 2 is 2.11 bits per heavy atom. The summed E-state index contributed by atoms with van der Waals surface area (Å²) < 4.78 is 13.7. The van der Waals surface area contributed by atoms with Gasteiger partial charge in [0.05, 0.1) is 21.9 Å². The van der Waals surface area contributed by atoms with Crippen LogP contribution in [0.2, 0.25) is 10.0 Å². The Balaban J connectivity index is 2.48. The van der Waals surface area contributed by atoms with Crippen LogP contribution >= 0.6 is 23.2 Å². The van der Waals surface area contributed by atoms with Crippen LogP contribution in [0.15, 0.2) is 24.5 Å². The standard InChI is InChI=1S/C13H12Cl2FN3/c1-2-4-18-13-10(15)6-9(14)12(19-13)8-3-5-17-7-11(8)16/h3,5-7H,2,4H2,1H3,(H,18,19). The van der Waals surface area contributed by atoms with E-state index in [2.05, 4.69) is 15.3 Å². The van der Waals surface area contributed by atoms with Gasteiger partial charge >= 0.3 is 0 Å². The van der Waals surface area contributed by atoms with Crippen LogP contribution in [0, 0.1) is 5.82 Å². The van der Waals surface area contributed by atoms with E-state index in [0.717, 1.165) is 19.2 Å². The van der Waals surface area contributed by atoms with Gasteiger partial charge in [-0.25, -0.2) is 9.37 Å². The third-order valence-corrected chi connectivity index (χ3v) is 3.08. The van der Waals surface area contributed by atoms with Crippen molar-refractivity contribution in [3.63, 3.8) is 0 Å². The van der Waals surface area contributed by atoms with Crippen LogP contribution in [0.5, 0.6) is 0 Å². The summed E-state index contributed by atoms with van der Waals surface area (Å²) in [6, 6.07) is 3.09. The van der Waals surface area contributed by atoms with E-state index in [-0.39, 0.29) is 0 Å². The quantitative estimate of drug-likeness (QED) is 0.908. The number of halogens is 3. The predicted octanol–water partition coefficient (Wildman–Crippen LogP) is 4.41. The van der Waals surface area contributed by atoms with E-state index >= 15 is 0 Å². The molecule has 100 valence electrons. The monoisotopic (exact) mass is 299 g/mol. The van der Waals surface area contributed by atoms with Crippen molar-refractivity contribution in [1.29, 1.82) is 0 Å². The molecule has 6 heteroatoms. The van der Waals surface area contributed by atoms with E-state index in [9.17, 15) is 4.39 Å². The highest BCUT2D eigenvalue weighted by atomic mass is 35.5. The summed E-state index contributed by atoms with van der Waals surface area (Å²) in [4.78, 5) is 8.00. The number of rotatable bonds is 4. The van der Waals surface area contributed by atoms with Crippen LogP contribution in [0.1, 0.15) is 13.3 Å². The Kier molecular flexibility index (Phi) is 4.56. The lowest BCUT2D eigenvalue weighted by Gasteiger charge is -2.11. The Labute approximate surface area is 120 Å². The van der Waals surface area contributed by atoms with Crippen molar-refractivity contribution in [2.75, 3.05) is 11.9 Å². The predicted molar refractivity (Wildman–Crippen MR) is 76.2 cm³/mol. The molecule has 0 atom stereocenters. The zero-order chi connectivity index (χ0) is 13.8. The zero-order valence-electron chi connectivity index (χ0n) is 10.3. The minimum atomic E-state index is -0.472. The number of nitrogens with one attached hydrogen (secondary N) is 1. The second-order valence-corrected chi connectivity index (χ2v) is 4.75. The minimum absolute atomic E-state index is 0.302. The average molecular weight is 300 g/mol. The maximum atomic E-state index is 13.7. The Morgan fingerprint density at radius 1 is 1.32 bits per heavy atom. The molecule has 0 amide bonds. The molecule has 0 saturated carbocycles. The van der Waals surface area contributed by atoms with E-state index < -0.39 is 5.82 Å². The van der Waals surface area contributed by atoms with Gasteiger partial charge in [0.2, 0.25) is 0 Å². The van der Waals surface area contributed by atoms with Gasteiger partial charge in [-0.3, -0.25) is 4.98 Å². The van der Waals surface area contributed by atoms with Gasteiger partial charge in [0.1, 0.15) is 5.82 Å². The van der Waals surface area contributed by atoms with Crippen LogP contribution in [0.3, 0.4) is 0 Å². The fourth-order valence-electron chi connectivity index (χ4n) is 1.59. The van der Waals surface area contributed by atoms with Crippen LogP contribution in [0.25, 0.3) is 11.3 Å². The largest absolute Gasteiger partial charge is 0.369 e. The lowest BCUT2D eigenvalue weighted by molar-refractivity contribution is 0.624. The molecule has 19 heavy (non-hydrogen) atoms. The number of hydrogen-bond donors (Lipinski definition) is 1. The van der Waals surface area contributed by atoms with Crippen molar-refractivity contribution >= 4 is 29.0 Å². The van der Waals surface area contributed by atoms with Crippen molar-refractivity contribution in [3.8, 4) is 11.3 Å². The molecule has 2 aromatic rings. The fourth-order valence-corrected chi connectivity index (χ4v) is 2.12. The first-order valence-corrected chi connectivity index (χ1v) is 6.59. The zero-order valence-corrected chi connectivity index (χ0v) is 11.8. The Bertz CT molecular complexity index is 590. The van der Waals surface area contributed by atoms with Gasteiger partial charge in [-0.05, 0) is 18.6 Å². The second kappa shape index (κ2) is 6.17. The molecule has 0 aliphatic heterocycles.